The first kappa shape index (κ1) is 11.4. The fourth-order valence-electron chi connectivity index (χ4n) is 0.665. The minimum Gasteiger partial charge on any atom is -0.423 e. The van der Waals surface area contributed by atoms with Crippen LogP contribution in [0.25, 0.3) is 0 Å². The molecule has 66 valence electrons. The minimum atomic E-state index is -1.42. The first-order chi connectivity index (χ1) is 5.24. The summed E-state index contributed by atoms with van der Waals surface area (Å²) in [7, 11) is -1.42. The molecule has 0 spiro atoms. The Kier molecular flexibility index (Phi) is 4.92. The smallest absolute Gasteiger partial charge is 0.423 e. The van der Waals surface area contributed by atoms with E-state index in [1.165, 1.54) is 18.0 Å². The third kappa shape index (κ3) is 2.82. The summed E-state index contributed by atoms with van der Waals surface area (Å²) in [5, 5.41) is 18.3. The van der Waals surface area contributed by atoms with Gasteiger partial charge in [0.1, 0.15) is 0 Å². The van der Waals surface area contributed by atoms with Crippen LogP contribution in [0.2, 0.25) is 0 Å². The average Bonchev–Trinajstić information content (AvgIpc) is 2.05. The Hall–Kier alpha value is -0.555. The van der Waals surface area contributed by atoms with E-state index in [2.05, 4.69) is 4.98 Å². The maximum Gasteiger partial charge on any atom is 0.490 e. The molecule has 0 aromatic carbocycles. The van der Waals surface area contributed by atoms with Crippen LogP contribution in [-0.2, 0) is 0 Å². The molecule has 1 aromatic rings. The summed E-state index contributed by atoms with van der Waals surface area (Å²) in [6.07, 6.45) is 3.37. The summed E-state index contributed by atoms with van der Waals surface area (Å²) >= 11 is 1.51. The van der Waals surface area contributed by atoms with Gasteiger partial charge in [-0.05, 0) is 12.3 Å². The van der Waals surface area contributed by atoms with Gasteiger partial charge < -0.3 is 15.5 Å². The lowest BCUT2D eigenvalue weighted by atomic mass is 9.82. The number of pyridine rings is 1. The second kappa shape index (κ2) is 5.15. The van der Waals surface area contributed by atoms with Gasteiger partial charge in [-0.25, -0.2) is 0 Å². The predicted octanol–water partition coefficient (Wildman–Crippen LogP) is -1.34. The molecule has 1 aromatic heterocycles. The molecule has 0 fully saturated rings. The Labute approximate surface area is 75.1 Å². The zero-order valence-corrected chi connectivity index (χ0v) is 7.38. The van der Waals surface area contributed by atoms with Gasteiger partial charge in [0.25, 0.3) is 0 Å². The SMILES string of the molecule is CSc1ccc(B(O)O)cn1.O. The maximum atomic E-state index is 8.70. The van der Waals surface area contributed by atoms with E-state index >= 15 is 0 Å². The van der Waals surface area contributed by atoms with Crippen molar-refractivity contribution in [1.29, 1.82) is 0 Å². The van der Waals surface area contributed by atoms with Crippen molar-refractivity contribution in [1.82, 2.24) is 4.98 Å². The minimum absolute atomic E-state index is 0. The fourth-order valence-corrected chi connectivity index (χ4v) is 1.03. The van der Waals surface area contributed by atoms with Crippen LogP contribution in [0.15, 0.2) is 23.4 Å². The lowest BCUT2D eigenvalue weighted by molar-refractivity contribution is 0.425. The first-order valence-corrected chi connectivity index (χ1v) is 4.32. The number of aromatic nitrogens is 1. The Balaban J connectivity index is 0.00000121. The molecule has 0 saturated carbocycles. The van der Waals surface area contributed by atoms with Crippen molar-refractivity contribution in [3.8, 4) is 0 Å². The van der Waals surface area contributed by atoms with E-state index in [0.29, 0.717) is 5.46 Å². The van der Waals surface area contributed by atoms with E-state index in [1.54, 1.807) is 12.1 Å². The highest BCUT2D eigenvalue weighted by atomic mass is 32.2. The lowest BCUT2D eigenvalue weighted by Crippen LogP contribution is -2.29. The molecule has 1 heterocycles. The topological polar surface area (TPSA) is 84.8 Å². The average molecular weight is 187 g/mol. The molecule has 0 saturated heterocycles. The van der Waals surface area contributed by atoms with Gasteiger partial charge in [0.15, 0.2) is 0 Å². The van der Waals surface area contributed by atoms with Crippen molar-refractivity contribution in [2.75, 3.05) is 6.26 Å². The van der Waals surface area contributed by atoms with E-state index in [-0.39, 0.29) is 5.48 Å². The Morgan fingerprint density at radius 1 is 1.42 bits per heavy atom. The molecule has 6 heteroatoms. The third-order valence-electron chi connectivity index (χ3n) is 1.27. The number of hydrogen-bond acceptors (Lipinski definition) is 4. The van der Waals surface area contributed by atoms with Crippen molar-refractivity contribution in [2.45, 2.75) is 5.03 Å². The molecule has 4 nitrogen and oxygen atoms in total. The van der Waals surface area contributed by atoms with Gasteiger partial charge in [0, 0.05) is 11.7 Å². The van der Waals surface area contributed by atoms with E-state index in [4.69, 9.17) is 10.0 Å². The number of hydrogen-bond donors (Lipinski definition) is 2. The quantitative estimate of drug-likeness (QED) is 0.443. The van der Waals surface area contributed by atoms with Crippen LogP contribution >= 0.6 is 11.8 Å². The highest BCUT2D eigenvalue weighted by Gasteiger charge is 2.09. The number of nitrogens with zero attached hydrogens (tertiary/aromatic N) is 1. The molecule has 0 atom stereocenters. The summed E-state index contributed by atoms with van der Waals surface area (Å²) in [6, 6.07) is 3.39. The van der Waals surface area contributed by atoms with Crippen molar-refractivity contribution in [2.24, 2.45) is 0 Å². The van der Waals surface area contributed by atoms with E-state index in [9.17, 15) is 0 Å². The van der Waals surface area contributed by atoms with Crippen LogP contribution in [0.3, 0.4) is 0 Å². The molecule has 1 rings (SSSR count). The highest BCUT2D eigenvalue weighted by Crippen LogP contribution is 2.07. The van der Waals surface area contributed by atoms with Crippen LogP contribution in [0, 0.1) is 0 Å². The highest BCUT2D eigenvalue weighted by molar-refractivity contribution is 7.98. The van der Waals surface area contributed by atoms with Crippen molar-refractivity contribution in [3.05, 3.63) is 18.3 Å². The zero-order valence-electron chi connectivity index (χ0n) is 6.56. The molecular weight excluding hydrogens is 177 g/mol. The lowest BCUT2D eigenvalue weighted by Gasteiger charge is -1.98. The molecule has 0 amide bonds. The molecule has 0 unspecified atom stereocenters. The van der Waals surface area contributed by atoms with Gasteiger partial charge >= 0.3 is 7.12 Å². The van der Waals surface area contributed by atoms with E-state index in [1.807, 2.05) is 6.26 Å². The second-order valence-electron chi connectivity index (χ2n) is 2.01. The second-order valence-corrected chi connectivity index (χ2v) is 2.83. The van der Waals surface area contributed by atoms with Gasteiger partial charge in [0.2, 0.25) is 0 Å². The summed E-state index contributed by atoms with van der Waals surface area (Å²) in [5.74, 6) is 0. The van der Waals surface area contributed by atoms with Crippen LogP contribution in [-0.4, -0.2) is 33.9 Å². The molecule has 0 bridgehead atoms. The monoisotopic (exact) mass is 187 g/mol. The third-order valence-corrected chi connectivity index (χ3v) is 1.93. The van der Waals surface area contributed by atoms with E-state index in [0.717, 1.165) is 5.03 Å². The molecular formula is C6H10BNO3S. The number of thioether (sulfide) groups is 1. The Bertz CT molecular complexity index is 229. The summed E-state index contributed by atoms with van der Waals surface area (Å²) in [6.45, 7) is 0. The van der Waals surface area contributed by atoms with Crippen molar-refractivity contribution < 1.29 is 15.5 Å². The zero-order chi connectivity index (χ0) is 8.27. The summed E-state index contributed by atoms with van der Waals surface area (Å²) in [4.78, 5) is 3.96. The van der Waals surface area contributed by atoms with Crippen LogP contribution in [0.4, 0.5) is 0 Å². The van der Waals surface area contributed by atoms with Crippen molar-refractivity contribution in [3.63, 3.8) is 0 Å². The van der Waals surface area contributed by atoms with Gasteiger partial charge in [-0.3, -0.25) is 4.98 Å². The molecule has 12 heavy (non-hydrogen) atoms. The fraction of sp³-hybridized carbons (Fsp3) is 0.167. The molecule has 0 aliphatic carbocycles. The van der Waals surface area contributed by atoms with Gasteiger partial charge in [-0.15, -0.1) is 11.8 Å². The normalized spacial score (nSPS) is 8.92. The van der Waals surface area contributed by atoms with Gasteiger partial charge in [-0.1, -0.05) is 6.07 Å². The molecule has 0 aliphatic heterocycles. The largest absolute Gasteiger partial charge is 0.490 e. The Morgan fingerprint density at radius 3 is 2.42 bits per heavy atom. The van der Waals surface area contributed by atoms with Gasteiger partial charge in [-0.2, -0.15) is 0 Å². The first-order valence-electron chi connectivity index (χ1n) is 3.10. The maximum absolute atomic E-state index is 8.70. The van der Waals surface area contributed by atoms with Crippen LogP contribution in [0.1, 0.15) is 0 Å². The Morgan fingerprint density at radius 2 is 2.08 bits per heavy atom. The summed E-state index contributed by atoms with van der Waals surface area (Å²) < 4.78 is 0. The van der Waals surface area contributed by atoms with Crippen LogP contribution < -0.4 is 5.46 Å². The van der Waals surface area contributed by atoms with E-state index < -0.39 is 7.12 Å². The molecule has 4 N–H and O–H groups in total. The molecule has 0 radical (unpaired) electrons. The van der Waals surface area contributed by atoms with Gasteiger partial charge in [0.05, 0.1) is 5.03 Å². The summed E-state index contributed by atoms with van der Waals surface area (Å²) in [5.41, 5.74) is 0.419. The van der Waals surface area contributed by atoms with Crippen molar-refractivity contribution >= 4 is 24.3 Å². The number of rotatable bonds is 2. The standard InChI is InChI=1S/C6H8BNO2S.H2O/c1-11-6-3-2-5(4-8-6)7(9)10;/h2-4,9-10H,1H3;1H2. The molecule has 0 aliphatic rings. The van der Waals surface area contributed by atoms with Crippen LogP contribution in [0.5, 0.6) is 0 Å². The predicted molar refractivity (Wildman–Crippen MR) is 49.5 cm³/mol.